The molecule has 2 nitrogen and oxygen atoms in total. The van der Waals surface area contributed by atoms with Crippen molar-refractivity contribution in [2.24, 2.45) is 11.8 Å². The maximum absolute atomic E-state index is 9.72. The van der Waals surface area contributed by atoms with E-state index >= 15 is 0 Å². The van der Waals surface area contributed by atoms with Crippen LogP contribution in [0.3, 0.4) is 0 Å². The Kier molecular flexibility index (Phi) is 2.77. The summed E-state index contributed by atoms with van der Waals surface area (Å²) >= 11 is 0. The average Bonchev–Trinajstić information content (AvgIpc) is 2.50. The maximum atomic E-state index is 9.72. The third-order valence-corrected chi connectivity index (χ3v) is 6.74. The smallest absolute Gasteiger partial charge is 0.0474 e. The molecule has 0 radical (unpaired) electrons. The first-order valence-electron chi connectivity index (χ1n) is 8.12. The van der Waals surface area contributed by atoms with E-state index in [1.165, 1.54) is 25.7 Å². The summed E-state index contributed by atoms with van der Waals surface area (Å²) in [5, 5.41) is 9.72. The third-order valence-electron chi connectivity index (χ3n) is 6.74. The lowest BCUT2D eigenvalue weighted by molar-refractivity contribution is -0.106. The molecule has 1 aromatic carbocycles. The van der Waals surface area contributed by atoms with Gasteiger partial charge in [-0.1, -0.05) is 31.2 Å². The van der Waals surface area contributed by atoms with E-state index in [2.05, 4.69) is 43.1 Å². The summed E-state index contributed by atoms with van der Waals surface area (Å²) in [6, 6.07) is 10.4. The molecular formula is C18H25NO. The van der Waals surface area contributed by atoms with Crippen molar-refractivity contribution < 1.29 is 5.11 Å². The number of fused-ring (bicyclic) bond motifs is 2. The SMILES string of the molecule is CC[C@]12CC3C(CO)CC1C(Cc1ccccc12)N3C. The highest BCUT2D eigenvalue weighted by Gasteiger charge is 2.59. The van der Waals surface area contributed by atoms with Crippen LogP contribution in [0.1, 0.15) is 37.3 Å². The number of rotatable bonds is 2. The first-order valence-corrected chi connectivity index (χ1v) is 8.12. The summed E-state index contributed by atoms with van der Waals surface area (Å²) in [4.78, 5) is 2.60. The van der Waals surface area contributed by atoms with Crippen molar-refractivity contribution in [3.63, 3.8) is 0 Å². The van der Waals surface area contributed by atoms with Crippen molar-refractivity contribution in [3.8, 4) is 0 Å². The number of nitrogens with zero attached hydrogens (tertiary/aromatic N) is 1. The van der Waals surface area contributed by atoms with Crippen LogP contribution < -0.4 is 0 Å². The molecule has 5 rings (SSSR count). The van der Waals surface area contributed by atoms with Crippen LogP contribution >= 0.6 is 0 Å². The highest BCUT2D eigenvalue weighted by molar-refractivity contribution is 5.42. The molecule has 20 heavy (non-hydrogen) atoms. The molecule has 1 aromatic rings. The van der Waals surface area contributed by atoms with Gasteiger partial charge in [0.1, 0.15) is 0 Å². The van der Waals surface area contributed by atoms with Gasteiger partial charge in [-0.3, -0.25) is 4.90 Å². The van der Waals surface area contributed by atoms with E-state index in [1.807, 2.05) is 0 Å². The molecule has 5 atom stereocenters. The largest absolute Gasteiger partial charge is 0.396 e. The molecular weight excluding hydrogens is 246 g/mol. The molecule has 2 heterocycles. The summed E-state index contributed by atoms with van der Waals surface area (Å²) in [5.74, 6) is 1.22. The molecule has 4 bridgehead atoms. The van der Waals surface area contributed by atoms with Crippen molar-refractivity contribution in [1.82, 2.24) is 4.90 Å². The van der Waals surface area contributed by atoms with Crippen LogP contribution in [0.4, 0.5) is 0 Å². The molecule has 0 aromatic heterocycles. The maximum Gasteiger partial charge on any atom is 0.0474 e. The molecule has 3 fully saturated rings. The quantitative estimate of drug-likeness (QED) is 0.893. The van der Waals surface area contributed by atoms with Gasteiger partial charge in [-0.2, -0.15) is 0 Å². The van der Waals surface area contributed by atoms with Gasteiger partial charge in [0.15, 0.2) is 0 Å². The molecule has 0 spiro atoms. The van der Waals surface area contributed by atoms with E-state index in [4.69, 9.17) is 0 Å². The second kappa shape index (κ2) is 4.32. The third kappa shape index (κ3) is 1.42. The van der Waals surface area contributed by atoms with Crippen LogP contribution in [0.25, 0.3) is 0 Å². The molecule has 2 aliphatic heterocycles. The highest BCUT2D eigenvalue weighted by Crippen LogP contribution is 2.59. The number of piperidine rings is 2. The van der Waals surface area contributed by atoms with Gasteiger partial charge in [0, 0.05) is 24.1 Å². The zero-order chi connectivity index (χ0) is 13.9. The predicted molar refractivity (Wildman–Crippen MR) is 80.8 cm³/mol. The fourth-order valence-corrected chi connectivity index (χ4v) is 5.73. The summed E-state index contributed by atoms with van der Waals surface area (Å²) in [6.07, 6.45) is 4.91. The zero-order valence-electron chi connectivity index (χ0n) is 12.5. The van der Waals surface area contributed by atoms with Crippen LogP contribution in [0.15, 0.2) is 24.3 Å². The molecule has 1 N–H and O–H groups in total. The van der Waals surface area contributed by atoms with Gasteiger partial charge in [0.25, 0.3) is 0 Å². The van der Waals surface area contributed by atoms with Crippen molar-refractivity contribution in [2.75, 3.05) is 13.7 Å². The standard InChI is InChI=1S/C18H25NO/c1-3-18-10-17-13(11-20)8-15(18)16(19(17)2)9-12-6-4-5-7-14(12)18/h4-7,13,15-17,20H,3,8-11H2,1-2H3/t13?,15?,16?,17?,18-/m1/s1. The van der Waals surface area contributed by atoms with Crippen LogP contribution in [-0.2, 0) is 11.8 Å². The lowest BCUT2D eigenvalue weighted by atomic mass is 9.48. The number of hydrogen-bond donors (Lipinski definition) is 1. The van der Waals surface area contributed by atoms with E-state index in [-0.39, 0.29) is 0 Å². The molecule has 4 aliphatic rings. The Hall–Kier alpha value is -0.860. The summed E-state index contributed by atoms with van der Waals surface area (Å²) < 4.78 is 0. The monoisotopic (exact) mass is 271 g/mol. The molecule has 4 unspecified atom stereocenters. The Morgan fingerprint density at radius 1 is 1.30 bits per heavy atom. The predicted octanol–water partition coefficient (Wildman–Crippen LogP) is 2.59. The second-order valence-corrected chi connectivity index (χ2v) is 7.16. The van der Waals surface area contributed by atoms with Crippen molar-refractivity contribution in [3.05, 3.63) is 35.4 Å². The lowest BCUT2D eigenvalue weighted by Crippen LogP contribution is -2.68. The minimum absolute atomic E-state index is 0.361. The Bertz CT molecular complexity index is 528. The fraction of sp³-hybridized carbons (Fsp3) is 0.667. The Morgan fingerprint density at radius 3 is 2.85 bits per heavy atom. The van der Waals surface area contributed by atoms with Gasteiger partial charge in [-0.15, -0.1) is 0 Å². The first kappa shape index (κ1) is 12.8. The normalized spacial score (nSPS) is 42.5. The molecule has 2 aliphatic carbocycles. The molecule has 108 valence electrons. The first-order chi connectivity index (χ1) is 9.71. The number of benzene rings is 1. The molecule has 2 heteroatoms. The van der Waals surface area contributed by atoms with Crippen LogP contribution in [0, 0.1) is 11.8 Å². The lowest BCUT2D eigenvalue weighted by Gasteiger charge is -2.65. The minimum Gasteiger partial charge on any atom is -0.396 e. The van der Waals surface area contributed by atoms with E-state index in [0.717, 1.165) is 5.92 Å². The Labute approximate surface area is 121 Å². The van der Waals surface area contributed by atoms with Gasteiger partial charge in [0.2, 0.25) is 0 Å². The molecule has 1 saturated carbocycles. The van der Waals surface area contributed by atoms with Gasteiger partial charge >= 0.3 is 0 Å². The van der Waals surface area contributed by atoms with E-state index in [9.17, 15) is 5.11 Å². The number of aliphatic hydroxyl groups is 1. The second-order valence-electron chi connectivity index (χ2n) is 7.16. The van der Waals surface area contributed by atoms with Gasteiger partial charge in [-0.25, -0.2) is 0 Å². The van der Waals surface area contributed by atoms with Crippen molar-refractivity contribution in [1.29, 1.82) is 0 Å². The van der Waals surface area contributed by atoms with Crippen LogP contribution in [-0.4, -0.2) is 35.7 Å². The van der Waals surface area contributed by atoms with Gasteiger partial charge in [-0.05, 0) is 55.7 Å². The number of likely N-dealkylation sites (N-methyl/N-ethyl adjacent to an activating group) is 1. The topological polar surface area (TPSA) is 23.5 Å². The summed E-state index contributed by atoms with van der Waals surface area (Å²) in [7, 11) is 2.29. The van der Waals surface area contributed by atoms with Crippen LogP contribution in [0.5, 0.6) is 0 Å². The summed E-state index contributed by atoms with van der Waals surface area (Å²) in [5.41, 5.74) is 3.57. The van der Waals surface area contributed by atoms with E-state index in [0.29, 0.717) is 30.0 Å². The van der Waals surface area contributed by atoms with E-state index < -0.39 is 0 Å². The number of hydrogen-bond acceptors (Lipinski definition) is 2. The van der Waals surface area contributed by atoms with Crippen molar-refractivity contribution in [2.45, 2.75) is 50.1 Å². The Balaban J connectivity index is 1.86. The Morgan fingerprint density at radius 2 is 2.10 bits per heavy atom. The van der Waals surface area contributed by atoms with Gasteiger partial charge in [0.05, 0.1) is 0 Å². The fourth-order valence-electron chi connectivity index (χ4n) is 5.73. The van der Waals surface area contributed by atoms with Gasteiger partial charge < -0.3 is 5.11 Å². The summed E-state index contributed by atoms with van der Waals surface area (Å²) in [6.45, 7) is 2.73. The number of aliphatic hydroxyl groups excluding tert-OH is 1. The molecule has 0 amide bonds. The molecule has 2 saturated heterocycles. The van der Waals surface area contributed by atoms with E-state index in [1.54, 1.807) is 11.1 Å². The minimum atomic E-state index is 0.361. The zero-order valence-corrected chi connectivity index (χ0v) is 12.5. The average molecular weight is 271 g/mol. The highest BCUT2D eigenvalue weighted by atomic mass is 16.3. The van der Waals surface area contributed by atoms with Crippen molar-refractivity contribution >= 4 is 0 Å². The van der Waals surface area contributed by atoms with Crippen LogP contribution in [0.2, 0.25) is 0 Å².